The molecule has 0 aromatic heterocycles. The van der Waals surface area contributed by atoms with Crippen molar-refractivity contribution >= 4 is 22.2 Å². The molecule has 0 fully saturated rings. The molecule has 96 valence electrons. The Morgan fingerprint density at radius 3 is 2.47 bits per heavy atom. The van der Waals surface area contributed by atoms with Crippen molar-refractivity contribution in [2.75, 3.05) is 6.61 Å². The lowest BCUT2D eigenvalue weighted by atomic mass is 10.1. The first-order chi connectivity index (χ1) is 9.20. The number of hydrogen-bond acceptors (Lipinski definition) is 2. The summed E-state index contributed by atoms with van der Waals surface area (Å²) < 4.78 is 5.71. The van der Waals surface area contributed by atoms with Crippen LogP contribution in [0.3, 0.4) is 0 Å². The normalized spacial score (nSPS) is 9.63. The Hall–Kier alpha value is -2.27. The second-order valence-electron chi connectivity index (χ2n) is 4.44. The van der Waals surface area contributed by atoms with Gasteiger partial charge in [-0.15, -0.1) is 5.92 Å². The summed E-state index contributed by atoms with van der Waals surface area (Å²) in [6.45, 7) is 6.15. The first kappa shape index (κ1) is 13.2. The zero-order chi connectivity index (χ0) is 13.7. The lowest BCUT2D eigenvalue weighted by Gasteiger charge is -2.09. The Kier molecular flexibility index (Phi) is 4.20. The molecule has 0 atom stereocenters. The van der Waals surface area contributed by atoms with Crippen molar-refractivity contribution in [1.82, 2.24) is 0 Å². The van der Waals surface area contributed by atoms with Gasteiger partial charge in [-0.3, -0.25) is 4.99 Å². The van der Waals surface area contributed by atoms with Gasteiger partial charge in [0.25, 0.3) is 0 Å². The summed E-state index contributed by atoms with van der Waals surface area (Å²) in [4.78, 5) is 4.53. The highest BCUT2D eigenvalue weighted by atomic mass is 16.5. The second-order valence-corrected chi connectivity index (χ2v) is 4.44. The van der Waals surface area contributed by atoms with E-state index in [1.807, 2.05) is 32.0 Å². The van der Waals surface area contributed by atoms with Crippen molar-refractivity contribution in [3.8, 4) is 17.6 Å². The molecule has 0 aliphatic rings. The number of nitrogens with zero attached hydrogens (tertiary/aromatic N) is 1. The highest BCUT2D eigenvalue weighted by Crippen LogP contribution is 2.32. The third-order valence-electron chi connectivity index (χ3n) is 2.65. The molecule has 0 saturated carbocycles. The van der Waals surface area contributed by atoms with Crippen LogP contribution in [0.2, 0.25) is 0 Å². The summed E-state index contributed by atoms with van der Waals surface area (Å²) in [6.07, 6.45) is 0. The molecule has 0 spiro atoms. The minimum atomic E-state index is 0.389. The fourth-order valence-electron chi connectivity index (χ4n) is 1.84. The average molecular weight is 251 g/mol. The zero-order valence-electron chi connectivity index (χ0n) is 11.5. The summed E-state index contributed by atoms with van der Waals surface area (Å²) >= 11 is 0. The van der Waals surface area contributed by atoms with E-state index in [1.165, 1.54) is 0 Å². The minimum Gasteiger partial charge on any atom is -0.479 e. The van der Waals surface area contributed by atoms with Crippen molar-refractivity contribution in [2.45, 2.75) is 20.8 Å². The monoisotopic (exact) mass is 251 g/mol. The predicted molar refractivity (Wildman–Crippen MR) is 81.3 cm³/mol. The Bertz CT molecular complexity index is 670. The molecular weight excluding hydrogens is 234 g/mol. The largest absolute Gasteiger partial charge is 0.479 e. The number of rotatable bonds is 3. The first-order valence-electron chi connectivity index (χ1n) is 6.28. The van der Waals surface area contributed by atoms with Crippen LogP contribution in [0.5, 0.6) is 5.75 Å². The molecule has 2 nitrogen and oxygen atoms in total. The van der Waals surface area contributed by atoms with E-state index in [0.29, 0.717) is 6.61 Å². The quantitative estimate of drug-likeness (QED) is 0.587. The van der Waals surface area contributed by atoms with Gasteiger partial charge in [0.05, 0.1) is 0 Å². The number of hydrogen-bond donors (Lipinski definition) is 0. The molecule has 0 saturated heterocycles. The average Bonchev–Trinajstić information content (AvgIpc) is 2.39. The van der Waals surface area contributed by atoms with Gasteiger partial charge in [0.15, 0.2) is 0 Å². The summed E-state index contributed by atoms with van der Waals surface area (Å²) in [7, 11) is 0. The van der Waals surface area contributed by atoms with Crippen molar-refractivity contribution < 1.29 is 4.74 Å². The van der Waals surface area contributed by atoms with Crippen molar-refractivity contribution in [3.63, 3.8) is 0 Å². The lowest BCUT2D eigenvalue weighted by Crippen LogP contribution is -1.95. The molecule has 0 heterocycles. The minimum absolute atomic E-state index is 0.389. The molecule has 2 heteroatoms. The number of benzene rings is 2. The molecule has 0 N–H and O–H groups in total. The fourth-order valence-corrected chi connectivity index (χ4v) is 1.84. The van der Waals surface area contributed by atoms with E-state index in [4.69, 9.17) is 4.74 Å². The van der Waals surface area contributed by atoms with E-state index in [0.717, 1.165) is 27.9 Å². The van der Waals surface area contributed by atoms with Crippen molar-refractivity contribution in [2.24, 2.45) is 4.99 Å². The summed E-state index contributed by atoms with van der Waals surface area (Å²) in [5.41, 5.74) is 1.86. The first-order valence-corrected chi connectivity index (χ1v) is 6.28. The molecular formula is C17H17NO. The van der Waals surface area contributed by atoms with Gasteiger partial charge in [-0.05, 0) is 43.7 Å². The Labute approximate surface area is 114 Å². The molecule has 2 aromatic carbocycles. The maximum atomic E-state index is 5.71. The Morgan fingerprint density at radius 1 is 1.16 bits per heavy atom. The molecule has 0 aliphatic heterocycles. The van der Waals surface area contributed by atoms with E-state index in [9.17, 15) is 0 Å². The lowest BCUT2D eigenvalue weighted by molar-refractivity contribution is 0.372. The molecule has 0 bridgehead atoms. The van der Waals surface area contributed by atoms with E-state index in [1.54, 1.807) is 6.92 Å². The Balaban J connectivity index is 2.49. The summed E-state index contributed by atoms with van der Waals surface area (Å²) in [5, 5.41) is 2.31. The number of aliphatic imine (C=N–C) groups is 1. The standard InChI is InChI=1S/C17H17NO/c1-4-5-10-19-17-12-15-9-7-6-8-14(15)11-16(17)18-13(2)3/h6-9,11-12H,10H2,1-3H3. The van der Waals surface area contributed by atoms with E-state index in [-0.39, 0.29) is 0 Å². The maximum absolute atomic E-state index is 5.71. The molecule has 0 amide bonds. The molecule has 0 radical (unpaired) electrons. The maximum Gasteiger partial charge on any atom is 0.149 e. The van der Waals surface area contributed by atoms with Crippen LogP contribution in [-0.2, 0) is 0 Å². The third-order valence-corrected chi connectivity index (χ3v) is 2.65. The van der Waals surface area contributed by atoms with E-state index < -0.39 is 0 Å². The van der Waals surface area contributed by atoms with Gasteiger partial charge >= 0.3 is 0 Å². The van der Waals surface area contributed by atoms with Crippen LogP contribution in [0.15, 0.2) is 41.4 Å². The highest BCUT2D eigenvalue weighted by Gasteiger charge is 2.05. The van der Waals surface area contributed by atoms with Gasteiger partial charge in [-0.2, -0.15) is 0 Å². The molecule has 19 heavy (non-hydrogen) atoms. The van der Waals surface area contributed by atoms with Crippen molar-refractivity contribution in [3.05, 3.63) is 36.4 Å². The van der Waals surface area contributed by atoms with Gasteiger partial charge in [-0.1, -0.05) is 30.2 Å². The predicted octanol–water partition coefficient (Wildman–Crippen LogP) is 4.35. The fraction of sp³-hybridized carbons (Fsp3) is 0.235. The molecule has 0 aliphatic carbocycles. The third kappa shape index (κ3) is 3.35. The van der Waals surface area contributed by atoms with E-state index >= 15 is 0 Å². The van der Waals surface area contributed by atoms with Crippen LogP contribution in [-0.4, -0.2) is 12.3 Å². The van der Waals surface area contributed by atoms with Crippen LogP contribution < -0.4 is 4.74 Å². The smallest absolute Gasteiger partial charge is 0.149 e. The van der Waals surface area contributed by atoms with Crippen LogP contribution in [0.25, 0.3) is 10.8 Å². The van der Waals surface area contributed by atoms with Crippen LogP contribution in [0.1, 0.15) is 20.8 Å². The zero-order valence-corrected chi connectivity index (χ0v) is 11.5. The van der Waals surface area contributed by atoms with E-state index in [2.05, 4.69) is 35.0 Å². The second kappa shape index (κ2) is 6.06. The SMILES string of the molecule is CC#CCOc1cc2ccccc2cc1N=C(C)C. The Morgan fingerprint density at radius 2 is 1.84 bits per heavy atom. The van der Waals surface area contributed by atoms with Crippen LogP contribution in [0, 0.1) is 11.8 Å². The van der Waals surface area contributed by atoms with Gasteiger partial charge in [0, 0.05) is 5.71 Å². The molecule has 2 rings (SSSR count). The summed E-state index contributed by atoms with van der Waals surface area (Å²) in [5.74, 6) is 6.51. The highest BCUT2D eigenvalue weighted by molar-refractivity contribution is 5.90. The number of ether oxygens (including phenoxy) is 1. The number of fused-ring (bicyclic) bond motifs is 1. The molecule has 0 unspecified atom stereocenters. The van der Waals surface area contributed by atoms with Crippen molar-refractivity contribution in [1.29, 1.82) is 0 Å². The molecule has 2 aromatic rings. The summed E-state index contributed by atoms with van der Waals surface area (Å²) in [6, 6.07) is 12.3. The van der Waals surface area contributed by atoms with Gasteiger partial charge in [0.2, 0.25) is 0 Å². The van der Waals surface area contributed by atoms with Crippen LogP contribution >= 0.6 is 0 Å². The topological polar surface area (TPSA) is 21.6 Å². The van der Waals surface area contributed by atoms with Gasteiger partial charge in [0.1, 0.15) is 18.0 Å². The van der Waals surface area contributed by atoms with Gasteiger partial charge < -0.3 is 4.74 Å². The van der Waals surface area contributed by atoms with Crippen LogP contribution in [0.4, 0.5) is 5.69 Å². The van der Waals surface area contributed by atoms with Gasteiger partial charge in [-0.25, -0.2) is 0 Å².